The van der Waals surface area contributed by atoms with Crippen molar-refractivity contribution in [1.29, 1.82) is 0 Å². The zero-order valence-corrected chi connectivity index (χ0v) is 29.8. The third-order valence-corrected chi connectivity index (χ3v) is 11.9. The average molecular weight is 734 g/mol. The van der Waals surface area contributed by atoms with Crippen molar-refractivity contribution in [3.63, 3.8) is 0 Å². The summed E-state index contributed by atoms with van der Waals surface area (Å²) < 4.78 is 78.4. The van der Waals surface area contributed by atoms with Crippen molar-refractivity contribution in [3.8, 4) is 41.2 Å². The minimum absolute atomic E-state index is 0.0126. The van der Waals surface area contributed by atoms with Gasteiger partial charge in [-0.3, -0.25) is 4.90 Å². The molecule has 4 heterocycles. The number of likely N-dealkylation sites (tertiary alicyclic amines) is 1. The van der Waals surface area contributed by atoms with Gasteiger partial charge >= 0.3 is 6.01 Å². The zero-order chi connectivity index (χ0) is 36.9. The van der Waals surface area contributed by atoms with Crippen molar-refractivity contribution in [2.45, 2.75) is 82.2 Å². The van der Waals surface area contributed by atoms with Crippen molar-refractivity contribution < 1.29 is 36.9 Å². The summed E-state index contributed by atoms with van der Waals surface area (Å²) in [6, 6.07) is 5.68. The van der Waals surface area contributed by atoms with Gasteiger partial charge < -0.3 is 24.2 Å². The van der Waals surface area contributed by atoms with Crippen LogP contribution in [0.1, 0.15) is 69.8 Å². The number of terminal acetylenes is 1. The van der Waals surface area contributed by atoms with Gasteiger partial charge in [-0.1, -0.05) is 18.4 Å². The molecule has 0 amide bonds. The van der Waals surface area contributed by atoms with Crippen molar-refractivity contribution in [2.75, 3.05) is 51.5 Å². The molecule has 0 bridgehead atoms. The average Bonchev–Trinajstić information content (AvgIpc) is 3.40. The number of aromatic hydroxyl groups is 1. The van der Waals surface area contributed by atoms with Crippen molar-refractivity contribution in [1.82, 2.24) is 19.9 Å². The Morgan fingerprint density at radius 2 is 1.77 bits per heavy atom. The van der Waals surface area contributed by atoms with E-state index in [1.165, 1.54) is 31.4 Å². The number of piperidine rings is 1. The summed E-state index contributed by atoms with van der Waals surface area (Å²) in [6.07, 6.45) is 12.0. The van der Waals surface area contributed by atoms with Crippen LogP contribution in [-0.4, -0.2) is 89.5 Å². The third-order valence-electron chi connectivity index (χ3n) is 11.9. The normalized spacial score (nSPS) is 23.8. The molecule has 2 atom stereocenters. The van der Waals surface area contributed by atoms with Gasteiger partial charge in [0, 0.05) is 61.0 Å². The highest BCUT2D eigenvalue weighted by Gasteiger charge is 2.51. The number of pyridine rings is 1. The second-order valence-corrected chi connectivity index (χ2v) is 14.9. The molecule has 280 valence electrons. The molecule has 13 heteroatoms. The second-order valence-electron chi connectivity index (χ2n) is 14.9. The van der Waals surface area contributed by atoms with E-state index < -0.39 is 17.6 Å². The van der Waals surface area contributed by atoms with Gasteiger partial charge in [0.15, 0.2) is 5.82 Å². The van der Waals surface area contributed by atoms with E-state index in [0.29, 0.717) is 63.4 Å². The van der Waals surface area contributed by atoms with Gasteiger partial charge in [-0.05, 0) is 75.1 Å². The highest BCUT2D eigenvalue weighted by Crippen LogP contribution is 2.50. The Balaban J connectivity index is 1.23. The lowest BCUT2D eigenvalue weighted by Crippen LogP contribution is -2.56. The SMILES string of the molecule is C#Cc1c(F)ccc2cc(O)cc(-c3nc(OC)c4c(N5CCCOCC5)nc(OC[C@]56CCC[C@H]5N(C5CCC(F)(F)CC5)CCC6)nc4c3F)c12. The number of alkyl halides is 2. The lowest BCUT2D eigenvalue weighted by molar-refractivity contribution is -0.0801. The minimum atomic E-state index is -2.59. The standard InChI is InChI=1S/C40H43F4N5O4/c1-3-27-29(41)9-8-24-21-26(50)22-28(31(24)27)34-33(42)35-32(37(45-34)51-2)36(48-16-6-19-52-20-18-48)47-38(46-35)53-23-39-12-4-7-30(39)49(17-5-13-39)25-10-14-40(43,44)15-11-25/h1,8-9,21-22,25,30,50H,4-7,10-20,23H2,2H3/t30-,39-/m1/s1. The fourth-order valence-electron chi connectivity index (χ4n) is 9.37. The Kier molecular flexibility index (Phi) is 9.47. The van der Waals surface area contributed by atoms with Gasteiger partial charge in [0.2, 0.25) is 11.8 Å². The molecule has 0 unspecified atom stereocenters. The number of benzene rings is 2. The number of nitrogens with zero attached hydrogens (tertiary/aromatic N) is 5. The molecule has 4 aliphatic rings. The summed E-state index contributed by atoms with van der Waals surface area (Å²) in [5, 5.41) is 11.5. The van der Waals surface area contributed by atoms with E-state index in [4.69, 9.17) is 25.6 Å². The van der Waals surface area contributed by atoms with E-state index in [0.717, 1.165) is 38.6 Å². The monoisotopic (exact) mass is 733 g/mol. The first-order valence-corrected chi connectivity index (χ1v) is 18.6. The van der Waals surface area contributed by atoms with Crippen LogP contribution in [0, 0.1) is 29.4 Å². The number of fused-ring (bicyclic) bond motifs is 3. The summed E-state index contributed by atoms with van der Waals surface area (Å²) in [5.74, 6) is -1.49. The van der Waals surface area contributed by atoms with Gasteiger partial charge in [0.1, 0.15) is 34.0 Å². The van der Waals surface area contributed by atoms with Crippen molar-refractivity contribution >= 4 is 27.5 Å². The first-order chi connectivity index (χ1) is 25.6. The van der Waals surface area contributed by atoms with Gasteiger partial charge in [-0.15, -0.1) is 6.42 Å². The largest absolute Gasteiger partial charge is 0.508 e. The molecule has 2 aromatic heterocycles. The summed E-state index contributed by atoms with van der Waals surface area (Å²) in [4.78, 5) is 18.6. The number of rotatable bonds is 7. The van der Waals surface area contributed by atoms with Crippen LogP contribution in [0.3, 0.4) is 0 Å². The molecule has 0 radical (unpaired) electrons. The van der Waals surface area contributed by atoms with Crippen LogP contribution in [-0.2, 0) is 4.74 Å². The van der Waals surface area contributed by atoms with E-state index in [1.54, 1.807) is 0 Å². The van der Waals surface area contributed by atoms with Crippen molar-refractivity contribution in [3.05, 3.63) is 41.5 Å². The highest BCUT2D eigenvalue weighted by molar-refractivity contribution is 6.04. The molecule has 4 fully saturated rings. The van der Waals surface area contributed by atoms with Crippen LogP contribution in [0.15, 0.2) is 24.3 Å². The van der Waals surface area contributed by atoms with E-state index in [9.17, 15) is 13.9 Å². The molecule has 2 aromatic carbocycles. The van der Waals surface area contributed by atoms with E-state index >= 15 is 8.78 Å². The molecular weight excluding hydrogens is 690 g/mol. The number of phenolic OH excluding ortho intramolecular Hbond substituents is 1. The number of anilines is 1. The molecule has 0 spiro atoms. The van der Waals surface area contributed by atoms with Gasteiger partial charge in [-0.25, -0.2) is 22.5 Å². The summed E-state index contributed by atoms with van der Waals surface area (Å²) in [6.45, 7) is 3.22. The Hall–Kier alpha value is -4.41. The molecule has 2 saturated heterocycles. The quantitative estimate of drug-likeness (QED) is 0.152. The summed E-state index contributed by atoms with van der Waals surface area (Å²) in [5.41, 5.74) is -0.582. The molecule has 2 aliphatic carbocycles. The smallest absolute Gasteiger partial charge is 0.319 e. The second kappa shape index (κ2) is 14.1. The minimum Gasteiger partial charge on any atom is -0.508 e. The topological polar surface area (TPSA) is 93.1 Å². The molecule has 9 nitrogen and oxygen atoms in total. The molecule has 1 N–H and O–H groups in total. The molecular formula is C40H43F4N5O4. The maximum atomic E-state index is 17.2. The number of hydrogen-bond donors (Lipinski definition) is 1. The molecule has 2 saturated carbocycles. The summed E-state index contributed by atoms with van der Waals surface area (Å²) in [7, 11) is 1.41. The maximum absolute atomic E-state index is 17.2. The van der Waals surface area contributed by atoms with Crippen LogP contribution >= 0.6 is 0 Å². The summed E-state index contributed by atoms with van der Waals surface area (Å²) >= 11 is 0. The predicted molar refractivity (Wildman–Crippen MR) is 193 cm³/mol. The van der Waals surface area contributed by atoms with Crippen LogP contribution in [0.5, 0.6) is 17.6 Å². The number of hydrogen-bond acceptors (Lipinski definition) is 9. The van der Waals surface area contributed by atoms with Crippen LogP contribution in [0.25, 0.3) is 32.9 Å². The third kappa shape index (κ3) is 6.48. The Morgan fingerprint density at radius 3 is 2.57 bits per heavy atom. The number of methoxy groups -OCH3 is 1. The van der Waals surface area contributed by atoms with Gasteiger partial charge in [-0.2, -0.15) is 9.97 Å². The fourth-order valence-corrected chi connectivity index (χ4v) is 9.37. The van der Waals surface area contributed by atoms with Gasteiger partial charge in [0.25, 0.3) is 0 Å². The van der Waals surface area contributed by atoms with E-state index in [-0.39, 0.29) is 81.1 Å². The molecule has 4 aromatic rings. The predicted octanol–water partition coefficient (Wildman–Crippen LogP) is 7.64. The number of aromatic nitrogens is 3. The highest BCUT2D eigenvalue weighted by atomic mass is 19.3. The first kappa shape index (κ1) is 35.6. The van der Waals surface area contributed by atoms with E-state index in [1.807, 2.05) is 4.90 Å². The lowest BCUT2D eigenvalue weighted by atomic mass is 9.74. The van der Waals surface area contributed by atoms with Gasteiger partial charge in [0.05, 0.1) is 25.9 Å². The van der Waals surface area contributed by atoms with Crippen molar-refractivity contribution in [2.24, 2.45) is 5.41 Å². The Bertz CT molecular complexity index is 2070. The van der Waals surface area contributed by atoms with E-state index in [2.05, 4.69) is 20.8 Å². The molecule has 8 rings (SSSR count). The first-order valence-electron chi connectivity index (χ1n) is 18.6. The number of halogens is 4. The van der Waals surface area contributed by atoms with Crippen LogP contribution in [0.4, 0.5) is 23.4 Å². The van der Waals surface area contributed by atoms with Crippen LogP contribution < -0.4 is 14.4 Å². The molecule has 53 heavy (non-hydrogen) atoms. The Labute approximate surface area is 305 Å². The number of ether oxygens (including phenoxy) is 3. The number of phenols is 1. The Morgan fingerprint density at radius 1 is 0.962 bits per heavy atom. The lowest BCUT2D eigenvalue weighted by Gasteiger charge is -2.50. The maximum Gasteiger partial charge on any atom is 0.319 e. The van der Waals surface area contributed by atoms with Crippen LogP contribution in [0.2, 0.25) is 0 Å². The fraction of sp³-hybridized carbons (Fsp3) is 0.525. The zero-order valence-electron chi connectivity index (χ0n) is 29.8. The molecule has 2 aliphatic heterocycles.